The molecule has 0 atom stereocenters. The molecule has 0 aliphatic rings. The van der Waals surface area contributed by atoms with Crippen LogP contribution in [-0.2, 0) is 4.31 Å². The van der Waals surface area contributed by atoms with Crippen LogP contribution in [0, 0.1) is 0 Å². The van der Waals surface area contributed by atoms with E-state index >= 15 is 0 Å². The molecule has 11 heavy (non-hydrogen) atoms. The van der Waals surface area contributed by atoms with Gasteiger partial charge in [-0.25, -0.2) is 0 Å². The van der Waals surface area contributed by atoms with Gasteiger partial charge >= 0.3 is 74.8 Å². The third-order valence-corrected chi connectivity index (χ3v) is 4.62. The van der Waals surface area contributed by atoms with E-state index < -0.39 is 0 Å². The molecule has 60 valence electrons. The summed E-state index contributed by atoms with van der Waals surface area (Å²) in [6.07, 6.45) is 0. The first-order chi connectivity index (χ1) is 5.17. The summed E-state index contributed by atoms with van der Waals surface area (Å²) in [6, 6.07) is 10.7. The van der Waals surface area contributed by atoms with E-state index in [9.17, 15) is 0 Å². The van der Waals surface area contributed by atoms with Crippen LogP contribution in [0.1, 0.15) is 19.4 Å². The molecule has 0 aliphatic heterocycles. The Labute approximate surface area is 75.2 Å². The van der Waals surface area contributed by atoms with Gasteiger partial charge in [-0.15, -0.1) is 0 Å². The maximum atomic E-state index is 2.31. The molecule has 0 saturated heterocycles. The summed E-state index contributed by atoms with van der Waals surface area (Å²) < 4.78 is 0.397. The maximum absolute atomic E-state index is 2.31. The molecule has 0 aliphatic carbocycles. The average molecular weight is 213 g/mol. The Morgan fingerprint density at radius 2 is 1.64 bits per heavy atom. The summed E-state index contributed by atoms with van der Waals surface area (Å²) in [5, 5.41) is 0. The Balaban J connectivity index is 2.93. The molecule has 1 rings (SSSR count). The minimum absolute atomic E-state index is 0.397. The van der Waals surface area contributed by atoms with Crippen LogP contribution >= 0.6 is 0 Å². The summed E-state index contributed by atoms with van der Waals surface area (Å²) in [4.78, 5) is 0. The van der Waals surface area contributed by atoms with Gasteiger partial charge in [0.25, 0.3) is 0 Å². The molecule has 1 heteroatoms. The number of rotatable bonds is 2. The van der Waals surface area contributed by atoms with E-state index in [1.165, 1.54) is 5.56 Å². The molecule has 0 saturated carbocycles. The number of hydrogen-bond acceptors (Lipinski definition) is 0. The Morgan fingerprint density at radius 1 is 1.09 bits per heavy atom. The van der Waals surface area contributed by atoms with Gasteiger partial charge in [-0.3, -0.25) is 0 Å². The van der Waals surface area contributed by atoms with E-state index in [1.807, 2.05) is 0 Å². The van der Waals surface area contributed by atoms with Crippen LogP contribution < -0.4 is 0 Å². The van der Waals surface area contributed by atoms with Crippen LogP contribution in [-0.4, -0.2) is 15.0 Å². The second-order valence-electron chi connectivity index (χ2n) is 3.08. The molecule has 0 bridgehead atoms. The van der Waals surface area contributed by atoms with Crippen molar-refractivity contribution < 1.29 is 0 Å². The van der Waals surface area contributed by atoms with E-state index in [1.54, 1.807) is 0 Å². The van der Waals surface area contributed by atoms with Crippen molar-refractivity contribution in [1.29, 1.82) is 0 Å². The first kappa shape index (κ1) is 8.83. The fraction of sp³-hybridized carbons (Fsp3) is 0.400. The van der Waals surface area contributed by atoms with Gasteiger partial charge in [-0.1, -0.05) is 0 Å². The molecule has 1 aromatic rings. The Kier molecular flexibility index (Phi) is 2.75. The van der Waals surface area contributed by atoms with Crippen molar-refractivity contribution >= 4 is 15.0 Å². The fourth-order valence-corrected chi connectivity index (χ4v) is 1.74. The van der Waals surface area contributed by atoms with Crippen molar-refractivity contribution in [2.75, 3.05) is 0 Å². The molecule has 0 N–H and O–H groups in total. The zero-order valence-electron chi connectivity index (χ0n) is 7.29. The summed E-state index contributed by atoms with van der Waals surface area (Å²) in [5.41, 5.74) is 1.46. The van der Waals surface area contributed by atoms with Crippen molar-refractivity contribution in [2.45, 2.75) is 24.0 Å². The molecule has 1 aromatic carbocycles. The van der Waals surface area contributed by atoms with Gasteiger partial charge in [0.15, 0.2) is 0 Å². The summed E-state index contributed by atoms with van der Waals surface area (Å²) in [5.74, 6) is 2.29. The molecule has 0 fully saturated rings. The van der Waals surface area contributed by atoms with Gasteiger partial charge < -0.3 is 0 Å². The van der Waals surface area contributed by atoms with Crippen LogP contribution in [0.3, 0.4) is 0 Å². The SMILES string of the molecule is C[Se]C(C)(C)c1ccccc1. The third-order valence-electron chi connectivity index (χ3n) is 1.98. The predicted molar refractivity (Wildman–Crippen MR) is 51.1 cm³/mol. The van der Waals surface area contributed by atoms with Crippen LogP contribution in [0.25, 0.3) is 0 Å². The molecular weight excluding hydrogens is 199 g/mol. The summed E-state index contributed by atoms with van der Waals surface area (Å²) in [7, 11) is 0. The van der Waals surface area contributed by atoms with Crippen LogP contribution in [0.4, 0.5) is 0 Å². The molecule has 0 heterocycles. The molecule has 0 amide bonds. The first-order valence-corrected chi connectivity index (χ1v) is 6.34. The first-order valence-electron chi connectivity index (χ1n) is 3.77. The molecule has 0 aromatic heterocycles. The Morgan fingerprint density at radius 3 is 2.09 bits per heavy atom. The second kappa shape index (κ2) is 3.42. The monoisotopic (exact) mass is 214 g/mol. The van der Waals surface area contributed by atoms with Gasteiger partial charge in [0.05, 0.1) is 0 Å². The average Bonchev–Trinajstić information content (AvgIpc) is 2.06. The van der Waals surface area contributed by atoms with Crippen LogP contribution in [0.15, 0.2) is 30.3 Å². The van der Waals surface area contributed by atoms with Crippen molar-refractivity contribution in [2.24, 2.45) is 0 Å². The Bertz CT molecular complexity index is 214. The zero-order chi connectivity index (χ0) is 8.32. The van der Waals surface area contributed by atoms with Crippen molar-refractivity contribution in [1.82, 2.24) is 0 Å². The van der Waals surface area contributed by atoms with Gasteiger partial charge in [0.2, 0.25) is 0 Å². The van der Waals surface area contributed by atoms with E-state index in [0.717, 1.165) is 0 Å². The normalized spacial score (nSPS) is 11.5. The topological polar surface area (TPSA) is 0 Å². The third kappa shape index (κ3) is 2.08. The quantitative estimate of drug-likeness (QED) is 0.662. The molecule has 0 unspecified atom stereocenters. The molecular formula is C10H14Se. The van der Waals surface area contributed by atoms with Crippen LogP contribution in [0.5, 0.6) is 0 Å². The standard InChI is InChI=1S/C10H14Se/c1-10(2,11-3)9-7-5-4-6-8-9/h4-8H,1-3H3. The second-order valence-corrected chi connectivity index (χ2v) is 6.08. The molecule has 0 radical (unpaired) electrons. The Hall–Kier alpha value is -0.261. The zero-order valence-corrected chi connectivity index (χ0v) is 9.01. The van der Waals surface area contributed by atoms with E-state index in [2.05, 4.69) is 50.0 Å². The van der Waals surface area contributed by atoms with Gasteiger partial charge in [-0.05, 0) is 0 Å². The summed E-state index contributed by atoms with van der Waals surface area (Å²) in [6.45, 7) is 4.62. The van der Waals surface area contributed by atoms with E-state index in [4.69, 9.17) is 0 Å². The van der Waals surface area contributed by atoms with Gasteiger partial charge in [-0.2, -0.15) is 0 Å². The van der Waals surface area contributed by atoms with E-state index in [0.29, 0.717) is 19.3 Å². The van der Waals surface area contributed by atoms with Crippen molar-refractivity contribution in [3.8, 4) is 0 Å². The molecule has 0 spiro atoms. The summed E-state index contributed by atoms with van der Waals surface area (Å²) >= 11 is 0.675. The van der Waals surface area contributed by atoms with Gasteiger partial charge in [0.1, 0.15) is 0 Å². The van der Waals surface area contributed by atoms with E-state index in [-0.39, 0.29) is 0 Å². The van der Waals surface area contributed by atoms with Crippen LogP contribution in [0.2, 0.25) is 5.82 Å². The minimum atomic E-state index is 0.397. The van der Waals surface area contributed by atoms with Crippen molar-refractivity contribution in [3.63, 3.8) is 0 Å². The van der Waals surface area contributed by atoms with Gasteiger partial charge in [0, 0.05) is 0 Å². The van der Waals surface area contributed by atoms with Crippen molar-refractivity contribution in [3.05, 3.63) is 35.9 Å². The fourth-order valence-electron chi connectivity index (χ4n) is 0.957. The number of hydrogen-bond donors (Lipinski definition) is 0. The molecule has 0 nitrogen and oxygen atoms in total. The number of benzene rings is 1. The predicted octanol–water partition coefficient (Wildman–Crippen LogP) is 2.67.